The minimum Gasteiger partial charge on any atom is -0.378 e. The third kappa shape index (κ3) is 3.87. The average molecular weight is 239 g/mol. The molecule has 0 aromatic heterocycles. The van der Waals surface area contributed by atoms with Crippen molar-refractivity contribution >= 4 is 5.96 Å². The molecule has 4 nitrogen and oxygen atoms in total. The lowest BCUT2D eigenvalue weighted by Crippen LogP contribution is -2.45. The van der Waals surface area contributed by atoms with E-state index in [4.69, 9.17) is 10.5 Å². The summed E-state index contributed by atoms with van der Waals surface area (Å²) in [6, 6.07) is 0. The van der Waals surface area contributed by atoms with Crippen molar-refractivity contribution in [2.24, 2.45) is 22.6 Å². The van der Waals surface area contributed by atoms with Gasteiger partial charge < -0.3 is 15.4 Å². The van der Waals surface area contributed by atoms with Crippen LogP contribution in [-0.2, 0) is 4.74 Å². The molecule has 2 fully saturated rings. The Morgan fingerprint density at radius 2 is 1.88 bits per heavy atom. The van der Waals surface area contributed by atoms with Gasteiger partial charge in [0.05, 0.1) is 13.2 Å². The van der Waals surface area contributed by atoms with Gasteiger partial charge in [-0.15, -0.1) is 0 Å². The van der Waals surface area contributed by atoms with Gasteiger partial charge in [0.15, 0.2) is 5.96 Å². The molecule has 17 heavy (non-hydrogen) atoms. The van der Waals surface area contributed by atoms with E-state index in [-0.39, 0.29) is 0 Å². The normalized spacial score (nSPS) is 31.6. The van der Waals surface area contributed by atoms with E-state index >= 15 is 0 Å². The first-order valence-corrected chi connectivity index (χ1v) is 6.88. The zero-order valence-electron chi connectivity index (χ0n) is 10.9. The molecule has 0 unspecified atom stereocenters. The predicted molar refractivity (Wildman–Crippen MR) is 70.0 cm³/mol. The summed E-state index contributed by atoms with van der Waals surface area (Å²) in [5.41, 5.74) is 6.01. The average Bonchev–Trinajstić information content (AvgIpc) is 2.39. The van der Waals surface area contributed by atoms with Gasteiger partial charge in [0.1, 0.15) is 0 Å². The van der Waals surface area contributed by atoms with E-state index in [9.17, 15) is 0 Å². The maximum Gasteiger partial charge on any atom is 0.191 e. The first kappa shape index (κ1) is 12.7. The highest BCUT2D eigenvalue weighted by Gasteiger charge is 2.18. The zero-order valence-corrected chi connectivity index (χ0v) is 10.9. The van der Waals surface area contributed by atoms with Crippen LogP contribution in [0.4, 0.5) is 0 Å². The standard InChI is InChI=1S/C13H25N3O/c1-11-2-4-12(5-3-11)10-15-13(14)16-6-8-17-9-7-16/h11-12H,2-10H2,1H3,(H2,14,15). The second kappa shape index (κ2) is 6.24. The summed E-state index contributed by atoms with van der Waals surface area (Å²) in [7, 11) is 0. The number of aliphatic imine (C=N–C) groups is 1. The van der Waals surface area contributed by atoms with Crippen LogP contribution in [0.3, 0.4) is 0 Å². The van der Waals surface area contributed by atoms with Crippen LogP contribution in [0.5, 0.6) is 0 Å². The van der Waals surface area contributed by atoms with Crippen LogP contribution in [0, 0.1) is 11.8 Å². The summed E-state index contributed by atoms with van der Waals surface area (Å²) in [4.78, 5) is 6.70. The van der Waals surface area contributed by atoms with Gasteiger partial charge in [-0.1, -0.05) is 19.8 Å². The van der Waals surface area contributed by atoms with E-state index in [2.05, 4.69) is 16.8 Å². The summed E-state index contributed by atoms with van der Waals surface area (Å²) in [6.07, 6.45) is 5.36. The van der Waals surface area contributed by atoms with Crippen LogP contribution in [0.15, 0.2) is 4.99 Å². The molecule has 0 radical (unpaired) electrons. The van der Waals surface area contributed by atoms with Crippen LogP contribution in [-0.4, -0.2) is 43.7 Å². The van der Waals surface area contributed by atoms with Crippen molar-refractivity contribution in [1.82, 2.24) is 4.90 Å². The van der Waals surface area contributed by atoms with Crippen LogP contribution in [0.1, 0.15) is 32.6 Å². The number of hydrogen-bond donors (Lipinski definition) is 1. The quantitative estimate of drug-likeness (QED) is 0.586. The number of rotatable bonds is 2. The second-order valence-electron chi connectivity index (χ2n) is 5.42. The van der Waals surface area contributed by atoms with Crippen molar-refractivity contribution < 1.29 is 4.74 Å². The van der Waals surface area contributed by atoms with E-state index < -0.39 is 0 Å². The molecule has 0 aromatic rings. The Morgan fingerprint density at radius 3 is 2.53 bits per heavy atom. The predicted octanol–water partition coefficient (Wildman–Crippen LogP) is 1.46. The Labute approximate surface area is 104 Å². The Balaban J connectivity index is 1.75. The molecule has 0 amide bonds. The lowest BCUT2D eigenvalue weighted by molar-refractivity contribution is 0.0673. The second-order valence-corrected chi connectivity index (χ2v) is 5.42. The highest BCUT2D eigenvalue weighted by atomic mass is 16.5. The van der Waals surface area contributed by atoms with Crippen molar-refractivity contribution in [2.75, 3.05) is 32.8 Å². The number of ether oxygens (including phenoxy) is 1. The van der Waals surface area contributed by atoms with Crippen molar-refractivity contribution in [3.63, 3.8) is 0 Å². The largest absolute Gasteiger partial charge is 0.378 e. The van der Waals surface area contributed by atoms with E-state index in [1.807, 2.05) is 0 Å². The molecule has 2 rings (SSSR count). The van der Waals surface area contributed by atoms with Crippen LogP contribution in [0.25, 0.3) is 0 Å². The minimum atomic E-state index is 0.715. The Bertz CT molecular complexity index is 253. The molecule has 1 aliphatic heterocycles. The van der Waals surface area contributed by atoms with Crippen molar-refractivity contribution in [3.8, 4) is 0 Å². The van der Waals surface area contributed by atoms with E-state index in [1.165, 1.54) is 25.7 Å². The number of guanidine groups is 1. The van der Waals surface area contributed by atoms with Crippen molar-refractivity contribution in [3.05, 3.63) is 0 Å². The molecule has 1 heterocycles. The van der Waals surface area contributed by atoms with E-state index in [0.29, 0.717) is 5.96 Å². The fraction of sp³-hybridized carbons (Fsp3) is 0.923. The maximum absolute atomic E-state index is 6.01. The fourth-order valence-electron chi connectivity index (χ4n) is 2.63. The third-order valence-corrected chi connectivity index (χ3v) is 3.98. The van der Waals surface area contributed by atoms with Crippen molar-refractivity contribution in [1.29, 1.82) is 0 Å². The van der Waals surface area contributed by atoms with Crippen molar-refractivity contribution in [2.45, 2.75) is 32.6 Å². The summed E-state index contributed by atoms with van der Waals surface area (Å²) in [5, 5.41) is 0. The molecule has 1 saturated carbocycles. The molecule has 1 saturated heterocycles. The smallest absolute Gasteiger partial charge is 0.191 e. The lowest BCUT2D eigenvalue weighted by Gasteiger charge is -2.29. The highest BCUT2D eigenvalue weighted by molar-refractivity contribution is 5.78. The number of nitrogens with two attached hydrogens (primary N) is 1. The van der Waals surface area contributed by atoms with Gasteiger partial charge in [0.2, 0.25) is 0 Å². The number of nitrogens with zero attached hydrogens (tertiary/aromatic N) is 2. The molecule has 1 aliphatic carbocycles. The topological polar surface area (TPSA) is 50.8 Å². The lowest BCUT2D eigenvalue weighted by atomic mass is 9.83. The van der Waals surface area contributed by atoms with Gasteiger partial charge in [-0.05, 0) is 24.7 Å². The van der Waals surface area contributed by atoms with Gasteiger partial charge in [0, 0.05) is 19.6 Å². The first-order valence-electron chi connectivity index (χ1n) is 6.88. The van der Waals surface area contributed by atoms with Crippen LogP contribution >= 0.6 is 0 Å². The number of hydrogen-bond acceptors (Lipinski definition) is 2. The minimum absolute atomic E-state index is 0.715. The molecule has 2 N–H and O–H groups in total. The summed E-state index contributed by atoms with van der Waals surface area (Å²) >= 11 is 0. The summed E-state index contributed by atoms with van der Waals surface area (Å²) < 4.78 is 5.30. The molecule has 98 valence electrons. The first-order chi connectivity index (χ1) is 8.25. The summed E-state index contributed by atoms with van der Waals surface area (Å²) in [5.74, 6) is 2.38. The number of morpholine rings is 1. The van der Waals surface area contributed by atoms with Gasteiger partial charge in [-0.2, -0.15) is 0 Å². The molecule has 0 atom stereocenters. The molecule has 0 bridgehead atoms. The highest BCUT2D eigenvalue weighted by Crippen LogP contribution is 2.28. The maximum atomic E-state index is 6.01. The molecule has 0 spiro atoms. The van der Waals surface area contributed by atoms with Crippen LogP contribution in [0.2, 0.25) is 0 Å². The van der Waals surface area contributed by atoms with Gasteiger partial charge >= 0.3 is 0 Å². The molecule has 4 heteroatoms. The van der Waals surface area contributed by atoms with Crippen LogP contribution < -0.4 is 5.73 Å². The SMILES string of the molecule is CC1CCC(CN=C(N)N2CCOCC2)CC1. The van der Waals surface area contributed by atoms with Gasteiger partial charge in [0.25, 0.3) is 0 Å². The zero-order chi connectivity index (χ0) is 12.1. The Morgan fingerprint density at radius 1 is 1.24 bits per heavy atom. The van der Waals surface area contributed by atoms with E-state index in [1.54, 1.807) is 0 Å². The fourth-order valence-corrected chi connectivity index (χ4v) is 2.63. The van der Waals surface area contributed by atoms with E-state index in [0.717, 1.165) is 44.7 Å². The van der Waals surface area contributed by atoms with Gasteiger partial charge in [-0.25, -0.2) is 0 Å². The third-order valence-electron chi connectivity index (χ3n) is 3.98. The van der Waals surface area contributed by atoms with Gasteiger partial charge in [-0.3, -0.25) is 4.99 Å². The Kier molecular flexibility index (Phi) is 4.66. The Hall–Kier alpha value is -0.770. The molecule has 0 aromatic carbocycles. The molecule has 2 aliphatic rings. The summed E-state index contributed by atoms with van der Waals surface area (Å²) in [6.45, 7) is 6.58. The monoisotopic (exact) mass is 239 g/mol. The molecular weight excluding hydrogens is 214 g/mol. The molecular formula is C13H25N3O.